The number of ether oxygens (including phenoxy) is 1. The quantitative estimate of drug-likeness (QED) is 0.455. The molecule has 1 aliphatic heterocycles. The Morgan fingerprint density at radius 3 is 2.61 bits per heavy atom. The van der Waals surface area contributed by atoms with E-state index in [2.05, 4.69) is 10.3 Å². The van der Waals surface area contributed by atoms with Crippen LogP contribution in [-0.4, -0.2) is 21.4 Å². The molecule has 1 aromatic heterocycles. The molecule has 1 amide bonds. The van der Waals surface area contributed by atoms with E-state index in [-0.39, 0.29) is 24.0 Å². The molecule has 4 aromatic rings. The molecule has 33 heavy (non-hydrogen) atoms. The summed E-state index contributed by atoms with van der Waals surface area (Å²) in [5.41, 5.74) is 4.81. The van der Waals surface area contributed by atoms with Gasteiger partial charge >= 0.3 is 5.97 Å². The molecule has 1 N–H and O–H groups in total. The zero-order valence-corrected chi connectivity index (χ0v) is 18.1. The first kappa shape index (κ1) is 20.7. The number of carbonyl (C=O) groups is 2. The second-order valence-corrected chi connectivity index (χ2v) is 8.14. The molecular weight excluding hydrogens is 414 g/mol. The number of carbonyl (C=O) groups excluding carboxylic acids is 2. The van der Waals surface area contributed by atoms with Crippen molar-refractivity contribution in [1.82, 2.24) is 14.9 Å². The van der Waals surface area contributed by atoms with Gasteiger partial charge in [-0.15, -0.1) is 0 Å². The van der Waals surface area contributed by atoms with Gasteiger partial charge in [-0.05, 0) is 53.9 Å². The maximum atomic E-state index is 13.0. The maximum absolute atomic E-state index is 13.0. The molecule has 0 fully saturated rings. The highest BCUT2D eigenvalue weighted by Gasteiger charge is 2.28. The van der Waals surface area contributed by atoms with Crippen LogP contribution >= 0.6 is 0 Å². The zero-order valence-electron chi connectivity index (χ0n) is 18.1. The first-order valence-electron chi connectivity index (χ1n) is 10.9. The Bertz CT molecular complexity index is 1280. The number of aromatic nitrogens is 2. The fourth-order valence-electron chi connectivity index (χ4n) is 4.10. The van der Waals surface area contributed by atoms with Crippen molar-refractivity contribution in [2.75, 3.05) is 0 Å². The van der Waals surface area contributed by atoms with Crippen molar-refractivity contribution in [3.05, 3.63) is 119 Å². The Morgan fingerprint density at radius 1 is 1.09 bits per heavy atom. The average molecular weight is 437 g/mol. The third kappa shape index (κ3) is 4.28. The molecule has 164 valence electrons. The molecule has 5 rings (SSSR count). The second kappa shape index (κ2) is 8.74. The topological polar surface area (TPSA) is 73.2 Å². The first-order valence-corrected chi connectivity index (χ1v) is 10.9. The fraction of sp³-hybridized carbons (Fsp3) is 0.148. The number of hydrogen-bond donors (Lipinski definition) is 1. The van der Waals surface area contributed by atoms with E-state index in [0.717, 1.165) is 22.4 Å². The predicted octanol–water partition coefficient (Wildman–Crippen LogP) is 4.82. The number of benzene rings is 3. The van der Waals surface area contributed by atoms with Crippen molar-refractivity contribution in [2.45, 2.75) is 25.5 Å². The SMILES string of the molecule is C[C@@H](NC(=O)c1ccc2c(c1)C[C@@H](c1ccccc1)OC2=O)c1ccc(-n2ccnc2)cc1. The third-order valence-electron chi connectivity index (χ3n) is 5.96. The number of fused-ring (bicyclic) bond motifs is 1. The minimum atomic E-state index is -0.358. The maximum Gasteiger partial charge on any atom is 0.339 e. The van der Waals surface area contributed by atoms with Gasteiger partial charge in [0.2, 0.25) is 0 Å². The Balaban J connectivity index is 1.31. The van der Waals surface area contributed by atoms with Crippen LogP contribution in [0.4, 0.5) is 0 Å². The monoisotopic (exact) mass is 437 g/mol. The number of esters is 1. The Hall–Kier alpha value is -4.19. The summed E-state index contributed by atoms with van der Waals surface area (Å²) in [5, 5.41) is 3.05. The van der Waals surface area contributed by atoms with Crippen LogP contribution in [0.5, 0.6) is 0 Å². The number of nitrogens with one attached hydrogen (secondary N) is 1. The van der Waals surface area contributed by atoms with Crippen LogP contribution in [0.25, 0.3) is 5.69 Å². The normalized spacial score (nSPS) is 15.9. The summed E-state index contributed by atoms with van der Waals surface area (Å²) in [7, 11) is 0. The summed E-state index contributed by atoms with van der Waals surface area (Å²) in [6, 6.07) is 22.6. The summed E-state index contributed by atoms with van der Waals surface area (Å²) in [5.74, 6) is -0.539. The highest BCUT2D eigenvalue weighted by molar-refractivity contribution is 5.98. The van der Waals surface area contributed by atoms with Gasteiger partial charge in [0, 0.05) is 30.1 Å². The molecule has 3 aromatic carbocycles. The van der Waals surface area contributed by atoms with Crippen molar-refractivity contribution in [3.8, 4) is 5.69 Å². The van der Waals surface area contributed by atoms with E-state index in [1.807, 2.05) is 72.3 Å². The second-order valence-electron chi connectivity index (χ2n) is 8.14. The summed E-state index contributed by atoms with van der Waals surface area (Å²) >= 11 is 0. The van der Waals surface area contributed by atoms with Gasteiger partial charge in [-0.2, -0.15) is 0 Å². The van der Waals surface area contributed by atoms with Gasteiger partial charge in [0.25, 0.3) is 5.91 Å². The molecule has 6 nitrogen and oxygen atoms in total. The molecule has 2 atom stereocenters. The van der Waals surface area contributed by atoms with Crippen molar-refractivity contribution < 1.29 is 14.3 Å². The van der Waals surface area contributed by atoms with Crippen molar-refractivity contribution in [3.63, 3.8) is 0 Å². The molecule has 0 aliphatic carbocycles. The summed E-state index contributed by atoms with van der Waals surface area (Å²) in [4.78, 5) is 29.5. The standard InChI is InChI=1S/C27H23N3O3/c1-18(19-7-10-23(11-8-19)30-14-13-28-17-30)29-26(31)21-9-12-24-22(15-21)16-25(33-27(24)32)20-5-3-2-4-6-20/h2-15,17-18,25H,16H2,1H3,(H,29,31)/t18-,25+/m1/s1. The van der Waals surface area contributed by atoms with Crippen molar-refractivity contribution in [2.24, 2.45) is 0 Å². The Morgan fingerprint density at radius 2 is 1.88 bits per heavy atom. The lowest BCUT2D eigenvalue weighted by Gasteiger charge is -2.25. The molecule has 1 aliphatic rings. The van der Waals surface area contributed by atoms with Crippen LogP contribution in [0.1, 0.15) is 56.5 Å². The van der Waals surface area contributed by atoms with Gasteiger partial charge in [-0.1, -0.05) is 42.5 Å². The fourth-order valence-corrected chi connectivity index (χ4v) is 4.10. The van der Waals surface area contributed by atoms with E-state index < -0.39 is 0 Å². The third-order valence-corrected chi connectivity index (χ3v) is 5.96. The highest BCUT2D eigenvalue weighted by atomic mass is 16.5. The van der Waals surface area contributed by atoms with E-state index in [4.69, 9.17) is 4.74 Å². The van der Waals surface area contributed by atoms with Gasteiger partial charge in [0.15, 0.2) is 0 Å². The highest BCUT2D eigenvalue weighted by Crippen LogP contribution is 2.31. The Labute approximate surface area is 191 Å². The number of cyclic esters (lactones) is 1. The summed E-state index contributed by atoms with van der Waals surface area (Å²) < 4.78 is 7.54. The number of amides is 1. The molecule has 6 heteroatoms. The lowest BCUT2D eigenvalue weighted by molar-refractivity contribution is 0.0252. The van der Waals surface area contributed by atoms with Gasteiger partial charge < -0.3 is 14.6 Å². The molecular formula is C27H23N3O3. The molecule has 0 saturated heterocycles. The van der Waals surface area contributed by atoms with Crippen LogP contribution < -0.4 is 5.32 Å². The average Bonchev–Trinajstić information content (AvgIpc) is 3.39. The largest absolute Gasteiger partial charge is 0.454 e. The first-order chi connectivity index (χ1) is 16.1. The van der Waals surface area contributed by atoms with Gasteiger partial charge in [-0.3, -0.25) is 4.79 Å². The summed E-state index contributed by atoms with van der Waals surface area (Å²) in [6.45, 7) is 1.95. The van der Waals surface area contributed by atoms with Crippen LogP contribution in [0.3, 0.4) is 0 Å². The minimum Gasteiger partial charge on any atom is -0.454 e. The van der Waals surface area contributed by atoms with Crippen LogP contribution in [0.2, 0.25) is 0 Å². The number of imidazole rings is 1. The number of nitrogens with zero attached hydrogens (tertiary/aromatic N) is 2. The lowest BCUT2D eigenvalue weighted by atomic mass is 9.93. The lowest BCUT2D eigenvalue weighted by Crippen LogP contribution is -2.28. The number of rotatable bonds is 5. The Kier molecular flexibility index (Phi) is 5.48. The molecule has 0 spiro atoms. The van der Waals surface area contributed by atoms with Gasteiger partial charge in [0.05, 0.1) is 17.9 Å². The van der Waals surface area contributed by atoms with Gasteiger partial charge in [-0.25, -0.2) is 9.78 Å². The van der Waals surface area contributed by atoms with Crippen molar-refractivity contribution in [1.29, 1.82) is 0 Å². The van der Waals surface area contributed by atoms with E-state index >= 15 is 0 Å². The van der Waals surface area contributed by atoms with E-state index in [1.54, 1.807) is 30.7 Å². The molecule has 0 radical (unpaired) electrons. The minimum absolute atomic E-state index is 0.174. The molecule has 0 saturated carbocycles. The number of hydrogen-bond acceptors (Lipinski definition) is 4. The van der Waals surface area contributed by atoms with Crippen LogP contribution in [0.15, 0.2) is 91.5 Å². The predicted molar refractivity (Wildman–Crippen MR) is 124 cm³/mol. The van der Waals surface area contributed by atoms with E-state index in [9.17, 15) is 9.59 Å². The van der Waals surface area contributed by atoms with Crippen LogP contribution in [-0.2, 0) is 11.2 Å². The molecule has 0 bridgehead atoms. The van der Waals surface area contributed by atoms with E-state index in [1.165, 1.54) is 0 Å². The zero-order chi connectivity index (χ0) is 22.8. The molecule has 2 heterocycles. The van der Waals surface area contributed by atoms with Gasteiger partial charge in [0.1, 0.15) is 6.10 Å². The van der Waals surface area contributed by atoms with E-state index in [0.29, 0.717) is 17.5 Å². The summed E-state index contributed by atoms with van der Waals surface area (Å²) in [6.07, 6.45) is 5.55. The molecule has 0 unspecified atom stereocenters. The van der Waals surface area contributed by atoms with Crippen molar-refractivity contribution >= 4 is 11.9 Å². The smallest absolute Gasteiger partial charge is 0.339 e. The van der Waals surface area contributed by atoms with Crippen LogP contribution in [0, 0.1) is 0 Å².